The number of alkyl halides is 2. The maximum atomic E-state index is 14.7. The maximum absolute atomic E-state index is 14.7. The predicted octanol–water partition coefficient (Wildman–Crippen LogP) is 4.46. The highest BCUT2D eigenvalue weighted by Gasteiger charge is 2.46. The van der Waals surface area contributed by atoms with Gasteiger partial charge in [0.15, 0.2) is 5.82 Å². The Labute approximate surface area is 361 Å². The Bertz CT molecular complexity index is 2530. The summed E-state index contributed by atoms with van der Waals surface area (Å²) in [5.74, 6) is -1.63. The maximum Gasteiger partial charge on any atom is 0.317 e. The number of fused-ring (bicyclic) bond motifs is 3. The van der Waals surface area contributed by atoms with Crippen LogP contribution < -0.4 is 20.9 Å². The summed E-state index contributed by atoms with van der Waals surface area (Å²) in [6.07, 6.45) is 4.86. The van der Waals surface area contributed by atoms with E-state index < -0.39 is 36.1 Å². The Morgan fingerprint density at radius 2 is 1.76 bits per heavy atom. The second-order valence-electron chi connectivity index (χ2n) is 16.8. The smallest absolute Gasteiger partial charge is 0.317 e. The number of likely N-dealkylation sites (tertiary alicyclic amines) is 1. The fourth-order valence-corrected chi connectivity index (χ4v) is 9.78. The third-order valence-electron chi connectivity index (χ3n) is 13.0. The first-order chi connectivity index (χ1) is 30.4. The number of piperidine rings is 2. The molecular formula is C44H49F2N11O6. The quantitative estimate of drug-likeness (QED) is 0.152. The lowest BCUT2D eigenvalue weighted by atomic mass is 9.92. The number of aromatic nitrogens is 4. The Hall–Kier alpha value is -6.66. The van der Waals surface area contributed by atoms with Gasteiger partial charge in [-0.3, -0.25) is 43.6 Å². The number of carbonyl (C=O) groups is 6. The summed E-state index contributed by atoms with van der Waals surface area (Å²) in [7, 11) is 3.35. The number of halogens is 2. The first-order valence-corrected chi connectivity index (χ1v) is 21.6. The van der Waals surface area contributed by atoms with Gasteiger partial charge in [-0.1, -0.05) is 6.07 Å². The summed E-state index contributed by atoms with van der Waals surface area (Å²) in [5.41, 5.74) is 5.36. The lowest BCUT2D eigenvalue weighted by molar-refractivity contribution is -0.136. The molecule has 2 aromatic heterocycles. The summed E-state index contributed by atoms with van der Waals surface area (Å²) in [4.78, 5) is 83.8. The molecule has 330 valence electrons. The van der Waals surface area contributed by atoms with Crippen LogP contribution in [0.3, 0.4) is 0 Å². The molecule has 2 fully saturated rings. The topological polar surface area (TPSA) is 187 Å². The monoisotopic (exact) mass is 865 g/mol. The van der Waals surface area contributed by atoms with E-state index in [0.717, 1.165) is 34.6 Å². The number of hydrogen-bond donors (Lipinski definition) is 3. The van der Waals surface area contributed by atoms with Crippen molar-refractivity contribution in [1.29, 1.82) is 0 Å². The highest BCUT2D eigenvalue weighted by Crippen LogP contribution is 2.44. The molecule has 3 N–H and O–H groups in total. The largest absolute Gasteiger partial charge is 0.384 e. The Kier molecular flexibility index (Phi) is 11.2. The third kappa shape index (κ3) is 7.66. The van der Waals surface area contributed by atoms with Gasteiger partial charge in [0.05, 0.1) is 29.9 Å². The molecule has 63 heavy (non-hydrogen) atoms. The van der Waals surface area contributed by atoms with Crippen LogP contribution in [0.1, 0.15) is 101 Å². The van der Waals surface area contributed by atoms with Crippen molar-refractivity contribution in [2.24, 2.45) is 7.05 Å². The normalized spacial score (nSPS) is 19.0. The number of nitrogens with one attached hydrogen (secondary N) is 3. The van der Waals surface area contributed by atoms with Crippen molar-refractivity contribution in [1.82, 2.24) is 44.9 Å². The highest BCUT2D eigenvalue weighted by molar-refractivity contribution is 6.25. The molecule has 0 saturated carbocycles. The fraction of sp³-hybridized carbons (Fsp3) is 0.455. The zero-order chi connectivity index (χ0) is 44.1. The number of benzene rings is 2. The standard InChI is InChI=1S/C44H49F2N11O6/c1-47-44(63)54-19-14-33-31(24-54)40(55-16-5-6-25-20-29(26-22-49-52(2)23-26)30(39(45)46)21-35(25)55)51-57(33)27-12-17-53(18-13-27)37(59)9-4-15-48-32-8-3-7-28-38(32)43(62)56(42(28)61)34-10-11-36(58)50-41(34)60/h3,7-8,20-23,27,34,39,48H,4-6,9-19,24H2,1-2H3,(H,47,63)(H,50,58,60). The second-order valence-corrected chi connectivity index (χ2v) is 16.8. The Balaban J connectivity index is 0.870. The molecule has 19 heteroatoms. The van der Waals surface area contributed by atoms with E-state index in [1.165, 1.54) is 6.07 Å². The van der Waals surface area contributed by atoms with E-state index in [-0.39, 0.29) is 53.9 Å². The summed E-state index contributed by atoms with van der Waals surface area (Å²) in [5, 5.41) is 17.6. The number of anilines is 3. The van der Waals surface area contributed by atoms with Gasteiger partial charge < -0.3 is 25.3 Å². The average Bonchev–Trinajstić information content (AvgIpc) is 3.97. The van der Waals surface area contributed by atoms with Crippen LogP contribution in [0.15, 0.2) is 42.7 Å². The van der Waals surface area contributed by atoms with Crippen molar-refractivity contribution in [3.63, 3.8) is 0 Å². The molecule has 0 aliphatic carbocycles. The summed E-state index contributed by atoms with van der Waals surface area (Å²) < 4.78 is 33.1. The van der Waals surface area contributed by atoms with Crippen molar-refractivity contribution in [3.8, 4) is 11.1 Å². The van der Waals surface area contributed by atoms with E-state index in [9.17, 15) is 37.5 Å². The Morgan fingerprint density at radius 3 is 2.49 bits per heavy atom. The van der Waals surface area contributed by atoms with E-state index in [1.54, 1.807) is 54.3 Å². The van der Waals surface area contributed by atoms with Crippen LogP contribution in [-0.4, -0.2) is 116 Å². The van der Waals surface area contributed by atoms with Gasteiger partial charge in [-0.2, -0.15) is 10.2 Å². The summed E-state index contributed by atoms with van der Waals surface area (Å²) in [6, 6.07) is 7.05. The highest BCUT2D eigenvalue weighted by atomic mass is 19.3. The number of rotatable bonds is 10. The molecule has 2 aromatic carbocycles. The van der Waals surface area contributed by atoms with Crippen LogP contribution in [0.25, 0.3) is 11.1 Å². The predicted molar refractivity (Wildman–Crippen MR) is 225 cm³/mol. The number of hydrogen-bond acceptors (Lipinski definition) is 10. The van der Waals surface area contributed by atoms with Gasteiger partial charge in [0.25, 0.3) is 18.2 Å². The zero-order valence-electron chi connectivity index (χ0n) is 35.2. The van der Waals surface area contributed by atoms with E-state index in [0.29, 0.717) is 93.3 Å². The van der Waals surface area contributed by atoms with Gasteiger partial charge in [-0.05, 0) is 73.9 Å². The fourth-order valence-electron chi connectivity index (χ4n) is 9.78. The molecule has 5 aliphatic heterocycles. The number of amides is 7. The lowest BCUT2D eigenvalue weighted by Crippen LogP contribution is -2.54. The molecule has 5 aliphatic rings. The summed E-state index contributed by atoms with van der Waals surface area (Å²) >= 11 is 0. The van der Waals surface area contributed by atoms with Crippen LogP contribution >= 0.6 is 0 Å². The number of imide groups is 2. The van der Waals surface area contributed by atoms with Crippen LogP contribution in [0.2, 0.25) is 0 Å². The lowest BCUT2D eigenvalue weighted by Gasteiger charge is -2.34. The SMILES string of the molecule is CNC(=O)N1CCc2c(c(N3CCCc4cc(-c5cnn(C)c5)c(C(F)F)cc43)nn2C2CCN(C(=O)CCCNc3cccc4c3C(=O)N(C3CCC(=O)NC3=O)C4=O)CC2)C1. The van der Waals surface area contributed by atoms with Crippen molar-refractivity contribution in [2.45, 2.75) is 82.8 Å². The van der Waals surface area contributed by atoms with E-state index in [1.807, 2.05) is 15.9 Å². The van der Waals surface area contributed by atoms with Crippen LogP contribution in [0, 0.1) is 0 Å². The minimum Gasteiger partial charge on any atom is -0.384 e. The van der Waals surface area contributed by atoms with E-state index in [4.69, 9.17) is 5.10 Å². The van der Waals surface area contributed by atoms with Crippen LogP contribution in [0.5, 0.6) is 0 Å². The van der Waals surface area contributed by atoms with Crippen molar-refractivity contribution < 1.29 is 37.5 Å². The first-order valence-electron chi connectivity index (χ1n) is 21.6. The molecule has 0 spiro atoms. The minimum absolute atomic E-state index is 0.00126. The van der Waals surface area contributed by atoms with Crippen molar-refractivity contribution >= 4 is 52.8 Å². The minimum atomic E-state index is -2.71. The van der Waals surface area contributed by atoms with Gasteiger partial charge >= 0.3 is 6.03 Å². The van der Waals surface area contributed by atoms with E-state index in [2.05, 4.69) is 25.7 Å². The number of nitrogens with zero attached hydrogens (tertiary/aromatic N) is 8. The van der Waals surface area contributed by atoms with Gasteiger partial charge in [-0.25, -0.2) is 13.6 Å². The first kappa shape index (κ1) is 41.7. The summed E-state index contributed by atoms with van der Waals surface area (Å²) in [6.45, 7) is 2.80. The van der Waals surface area contributed by atoms with Crippen LogP contribution in [0.4, 0.5) is 30.8 Å². The molecule has 1 atom stereocenters. The van der Waals surface area contributed by atoms with Gasteiger partial charge in [0.1, 0.15) is 6.04 Å². The van der Waals surface area contributed by atoms with Gasteiger partial charge in [-0.15, -0.1) is 0 Å². The molecule has 1 unspecified atom stereocenters. The third-order valence-corrected chi connectivity index (χ3v) is 13.0. The van der Waals surface area contributed by atoms with Gasteiger partial charge in [0.2, 0.25) is 17.7 Å². The zero-order valence-corrected chi connectivity index (χ0v) is 35.2. The van der Waals surface area contributed by atoms with Gasteiger partial charge in [0, 0.05) is 106 Å². The number of aryl methyl sites for hydroxylation is 2. The molecule has 2 saturated heterocycles. The molecule has 7 heterocycles. The molecule has 0 bridgehead atoms. The Morgan fingerprint density at radius 1 is 0.952 bits per heavy atom. The second kappa shape index (κ2) is 16.9. The number of urea groups is 1. The van der Waals surface area contributed by atoms with E-state index >= 15 is 0 Å². The van der Waals surface area contributed by atoms with Crippen molar-refractivity contribution in [3.05, 3.63) is 76.2 Å². The molecule has 17 nitrogen and oxygen atoms in total. The molecule has 9 rings (SSSR count). The number of carbonyl (C=O) groups excluding carboxylic acids is 6. The van der Waals surface area contributed by atoms with Crippen LogP contribution in [-0.2, 0) is 40.8 Å². The molecule has 0 radical (unpaired) electrons. The molecule has 7 amide bonds. The molecule has 4 aromatic rings. The molecular weight excluding hydrogens is 817 g/mol. The average molecular weight is 866 g/mol. The van der Waals surface area contributed by atoms with Crippen molar-refractivity contribution in [2.75, 3.05) is 50.0 Å².